The summed E-state index contributed by atoms with van der Waals surface area (Å²) >= 11 is 5.80. The third kappa shape index (κ3) is 2.83. The van der Waals surface area contributed by atoms with Crippen LogP contribution in [0.25, 0.3) is 0 Å². The van der Waals surface area contributed by atoms with Crippen LogP contribution < -0.4 is 4.74 Å². The van der Waals surface area contributed by atoms with Crippen LogP contribution in [0.2, 0.25) is 5.02 Å². The Bertz CT molecular complexity index is 677. The number of ether oxygens (including phenoxy) is 1. The van der Waals surface area contributed by atoms with Gasteiger partial charge in [0, 0.05) is 11.6 Å². The number of rotatable bonds is 5. The Morgan fingerprint density at radius 3 is 2.09 bits per heavy atom. The Labute approximate surface area is 133 Å². The fourth-order valence-corrected chi connectivity index (χ4v) is 2.51. The van der Waals surface area contributed by atoms with Gasteiger partial charge in [-0.3, -0.25) is 14.5 Å². The Morgan fingerprint density at radius 2 is 1.50 bits per heavy atom. The molecule has 0 atom stereocenters. The number of fused-ring (bicyclic) bond motifs is 1. The molecule has 0 saturated carbocycles. The van der Waals surface area contributed by atoms with Gasteiger partial charge < -0.3 is 4.74 Å². The minimum absolute atomic E-state index is 0.230. The second-order valence-electron chi connectivity index (χ2n) is 4.96. The molecule has 0 bridgehead atoms. The van der Waals surface area contributed by atoms with E-state index in [0.29, 0.717) is 41.5 Å². The lowest BCUT2D eigenvalue weighted by molar-refractivity contribution is 0.0647. The van der Waals surface area contributed by atoms with Crippen LogP contribution in [-0.4, -0.2) is 29.9 Å². The van der Waals surface area contributed by atoms with E-state index in [1.807, 2.05) is 0 Å². The summed E-state index contributed by atoms with van der Waals surface area (Å²) in [5.74, 6) is 0.256. The first-order chi connectivity index (χ1) is 10.7. The Morgan fingerprint density at radius 1 is 0.909 bits per heavy atom. The average molecular weight is 316 g/mol. The molecule has 0 saturated heterocycles. The first-order valence-corrected chi connectivity index (χ1v) is 7.38. The van der Waals surface area contributed by atoms with E-state index in [1.165, 1.54) is 4.90 Å². The van der Waals surface area contributed by atoms with Crippen molar-refractivity contribution in [1.29, 1.82) is 0 Å². The zero-order chi connectivity index (χ0) is 15.5. The van der Waals surface area contributed by atoms with Gasteiger partial charge in [-0.05, 0) is 42.8 Å². The van der Waals surface area contributed by atoms with Crippen molar-refractivity contribution in [2.75, 3.05) is 13.2 Å². The molecule has 3 rings (SSSR count). The van der Waals surface area contributed by atoms with Crippen molar-refractivity contribution in [2.45, 2.75) is 6.42 Å². The summed E-state index contributed by atoms with van der Waals surface area (Å²) in [6.07, 6.45) is 0.577. The summed E-state index contributed by atoms with van der Waals surface area (Å²) < 4.78 is 5.56. The average Bonchev–Trinajstić information content (AvgIpc) is 2.78. The number of carbonyl (C=O) groups excluding carboxylic acids is 2. The van der Waals surface area contributed by atoms with Crippen molar-refractivity contribution in [2.24, 2.45) is 0 Å². The fourth-order valence-electron chi connectivity index (χ4n) is 2.39. The lowest BCUT2D eigenvalue weighted by Gasteiger charge is -2.14. The molecule has 5 heteroatoms. The number of carbonyl (C=O) groups is 2. The van der Waals surface area contributed by atoms with E-state index in [9.17, 15) is 9.59 Å². The molecule has 0 N–H and O–H groups in total. The maximum atomic E-state index is 12.2. The molecule has 2 aromatic rings. The van der Waals surface area contributed by atoms with Gasteiger partial charge in [0.25, 0.3) is 11.8 Å². The maximum Gasteiger partial charge on any atom is 0.261 e. The van der Waals surface area contributed by atoms with Crippen LogP contribution in [0, 0.1) is 0 Å². The lowest BCUT2D eigenvalue weighted by atomic mass is 10.1. The predicted molar refractivity (Wildman–Crippen MR) is 83.4 cm³/mol. The maximum absolute atomic E-state index is 12.2. The molecule has 22 heavy (non-hydrogen) atoms. The van der Waals surface area contributed by atoms with Gasteiger partial charge >= 0.3 is 0 Å². The van der Waals surface area contributed by atoms with Crippen LogP contribution in [0.1, 0.15) is 27.1 Å². The molecular weight excluding hydrogens is 302 g/mol. The van der Waals surface area contributed by atoms with Gasteiger partial charge in [-0.15, -0.1) is 0 Å². The van der Waals surface area contributed by atoms with E-state index in [1.54, 1.807) is 48.5 Å². The zero-order valence-electron chi connectivity index (χ0n) is 11.8. The molecule has 2 aromatic carbocycles. The topological polar surface area (TPSA) is 46.6 Å². The van der Waals surface area contributed by atoms with Crippen molar-refractivity contribution in [1.82, 2.24) is 4.90 Å². The summed E-state index contributed by atoms with van der Waals surface area (Å²) in [5.41, 5.74) is 0.956. The number of imide groups is 1. The molecule has 0 unspecified atom stereocenters. The Hall–Kier alpha value is -2.33. The van der Waals surface area contributed by atoms with Crippen LogP contribution in [0.5, 0.6) is 5.75 Å². The van der Waals surface area contributed by atoms with Crippen LogP contribution >= 0.6 is 11.6 Å². The van der Waals surface area contributed by atoms with Gasteiger partial charge in [0.05, 0.1) is 17.7 Å². The first-order valence-electron chi connectivity index (χ1n) is 7.00. The molecule has 0 aliphatic carbocycles. The molecule has 0 aromatic heterocycles. The highest BCUT2D eigenvalue weighted by atomic mass is 35.5. The SMILES string of the molecule is O=C1c2ccccc2C(=O)N1CCCOc1ccc(Cl)cc1. The van der Waals surface area contributed by atoms with E-state index in [-0.39, 0.29) is 11.8 Å². The van der Waals surface area contributed by atoms with E-state index in [4.69, 9.17) is 16.3 Å². The third-order valence-electron chi connectivity index (χ3n) is 3.49. The summed E-state index contributed by atoms with van der Waals surface area (Å²) in [4.78, 5) is 25.6. The fraction of sp³-hybridized carbons (Fsp3) is 0.176. The second-order valence-corrected chi connectivity index (χ2v) is 5.40. The van der Waals surface area contributed by atoms with Crippen molar-refractivity contribution in [3.63, 3.8) is 0 Å². The number of halogens is 1. The molecule has 1 heterocycles. The molecule has 4 nitrogen and oxygen atoms in total. The molecule has 1 aliphatic rings. The number of hydrogen-bond acceptors (Lipinski definition) is 3. The highest BCUT2D eigenvalue weighted by Gasteiger charge is 2.34. The number of amides is 2. The van der Waals surface area contributed by atoms with Gasteiger partial charge in [0.2, 0.25) is 0 Å². The van der Waals surface area contributed by atoms with E-state index in [0.717, 1.165) is 0 Å². The van der Waals surface area contributed by atoms with Gasteiger partial charge in [-0.2, -0.15) is 0 Å². The summed E-state index contributed by atoms with van der Waals surface area (Å²) in [5, 5.41) is 0.651. The first kappa shape index (κ1) is 14.6. The van der Waals surface area contributed by atoms with Gasteiger partial charge in [0.15, 0.2) is 0 Å². The van der Waals surface area contributed by atoms with Crippen LogP contribution in [0.3, 0.4) is 0 Å². The molecule has 0 spiro atoms. The van der Waals surface area contributed by atoms with Crippen LogP contribution in [-0.2, 0) is 0 Å². The highest BCUT2D eigenvalue weighted by molar-refractivity contribution is 6.30. The van der Waals surface area contributed by atoms with Gasteiger partial charge in [-0.25, -0.2) is 0 Å². The number of nitrogens with zero attached hydrogens (tertiary/aromatic N) is 1. The smallest absolute Gasteiger partial charge is 0.261 e. The second kappa shape index (κ2) is 6.20. The lowest BCUT2D eigenvalue weighted by Crippen LogP contribution is -2.31. The van der Waals surface area contributed by atoms with E-state index in [2.05, 4.69) is 0 Å². The molecular formula is C17H14ClNO3. The molecule has 0 fully saturated rings. The van der Waals surface area contributed by atoms with Crippen molar-refractivity contribution in [3.8, 4) is 5.75 Å². The van der Waals surface area contributed by atoms with Crippen molar-refractivity contribution >= 4 is 23.4 Å². The minimum atomic E-state index is -0.230. The monoisotopic (exact) mass is 315 g/mol. The van der Waals surface area contributed by atoms with Crippen molar-refractivity contribution < 1.29 is 14.3 Å². The van der Waals surface area contributed by atoms with Crippen LogP contribution in [0.4, 0.5) is 0 Å². The molecule has 112 valence electrons. The quantitative estimate of drug-likeness (QED) is 0.627. The van der Waals surface area contributed by atoms with E-state index >= 15 is 0 Å². The Kier molecular flexibility index (Phi) is 4.11. The number of hydrogen-bond donors (Lipinski definition) is 0. The van der Waals surface area contributed by atoms with Crippen LogP contribution in [0.15, 0.2) is 48.5 Å². The highest BCUT2D eigenvalue weighted by Crippen LogP contribution is 2.22. The summed E-state index contributed by atoms with van der Waals surface area (Å²) in [7, 11) is 0. The largest absolute Gasteiger partial charge is 0.494 e. The minimum Gasteiger partial charge on any atom is -0.494 e. The summed E-state index contributed by atoms with van der Waals surface area (Å²) in [6, 6.07) is 13.9. The standard InChI is InChI=1S/C17H14ClNO3/c18-12-6-8-13(9-7-12)22-11-3-10-19-16(20)14-4-1-2-5-15(14)17(19)21/h1-2,4-9H,3,10-11H2. The van der Waals surface area contributed by atoms with E-state index < -0.39 is 0 Å². The van der Waals surface area contributed by atoms with Gasteiger partial charge in [0.1, 0.15) is 5.75 Å². The Balaban J connectivity index is 1.54. The third-order valence-corrected chi connectivity index (χ3v) is 3.74. The predicted octanol–water partition coefficient (Wildman–Crippen LogP) is 3.41. The zero-order valence-corrected chi connectivity index (χ0v) is 12.5. The normalized spacial score (nSPS) is 13.4. The molecule has 0 radical (unpaired) electrons. The van der Waals surface area contributed by atoms with Gasteiger partial charge in [-0.1, -0.05) is 23.7 Å². The molecule has 1 aliphatic heterocycles. The molecule has 2 amide bonds. The number of benzene rings is 2. The van der Waals surface area contributed by atoms with Crippen molar-refractivity contribution in [3.05, 3.63) is 64.7 Å². The summed E-state index contributed by atoms with van der Waals surface area (Å²) in [6.45, 7) is 0.773.